The van der Waals surface area contributed by atoms with Crippen LogP contribution in [0.15, 0.2) is 0 Å². The van der Waals surface area contributed by atoms with E-state index in [4.69, 9.17) is 5.73 Å². The molecular formula is C12H27N3O. The van der Waals surface area contributed by atoms with Crippen molar-refractivity contribution in [1.82, 2.24) is 10.2 Å². The standard InChI is InChI=1S/C12H27N3O/c1-9(2)15(10(3)4)8-7-14-11(16)12(5,6)13/h9-10H,7-8,13H2,1-6H3,(H,14,16). The number of amides is 1. The van der Waals surface area contributed by atoms with Gasteiger partial charge in [-0.2, -0.15) is 0 Å². The fourth-order valence-electron chi connectivity index (χ4n) is 1.64. The quantitative estimate of drug-likeness (QED) is 0.713. The number of nitrogens with zero attached hydrogens (tertiary/aromatic N) is 1. The fourth-order valence-corrected chi connectivity index (χ4v) is 1.64. The molecular weight excluding hydrogens is 202 g/mol. The highest BCUT2D eigenvalue weighted by Gasteiger charge is 2.21. The first-order valence-electron chi connectivity index (χ1n) is 5.99. The van der Waals surface area contributed by atoms with Gasteiger partial charge in [-0.1, -0.05) is 0 Å². The maximum Gasteiger partial charge on any atom is 0.239 e. The van der Waals surface area contributed by atoms with Crippen LogP contribution in [0.5, 0.6) is 0 Å². The van der Waals surface area contributed by atoms with Gasteiger partial charge in [0.25, 0.3) is 0 Å². The predicted octanol–water partition coefficient (Wildman–Crippen LogP) is 0.959. The second-order valence-corrected chi connectivity index (χ2v) is 5.40. The lowest BCUT2D eigenvalue weighted by Gasteiger charge is -2.30. The van der Waals surface area contributed by atoms with Crippen LogP contribution in [0.1, 0.15) is 41.5 Å². The molecule has 0 spiro atoms. The zero-order valence-corrected chi connectivity index (χ0v) is 11.5. The van der Waals surface area contributed by atoms with Crippen LogP contribution in [0.25, 0.3) is 0 Å². The van der Waals surface area contributed by atoms with Crippen molar-refractivity contribution in [2.75, 3.05) is 13.1 Å². The molecule has 0 aromatic carbocycles. The van der Waals surface area contributed by atoms with Crippen molar-refractivity contribution >= 4 is 5.91 Å². The minimum absolute atomic E-state index is 0.0973. The van der Waals surface area contributed by atoms with E-state index in [1.807, 2.05) is 0 Å². The Hall–Kier alpha value is -0.610. The Labute approximate surface area is 99.6 Å². The Morgan fingerprint density at radius 3 is 2.00 bits per heavy atom. The van der Waals surface area contributed by atoms with Gasteiger partial charge in [-0.3, -0.25) is 9.69 Å². The SMILES string of the molecule is CC(C)N(CCNC(=O)C(C)(C)N)C(C)C. The summed E-state index contributed by atoms with van der Waals surface area (Å²) >= 11 is 0. The van der Waals surface area contributed by atoms with E-state index in [0.717, 1.165) is 6.54 Å². The second kappa shape index (κ2) is 6.21. The number of carbonyl (C=O) groups is 1. The number of carbonyl (C=O) groups excluding carboxylic acids is 1. The van der Waals surface area contributed by atoms with Crippen LogP contribution in [-0.2, 0) is 4.79 Å². The molecule has 0 fully saturated rings. The van der Waals surface area contributed by atoms with E-state index in [1.54, 1.807) is 13.8 Å². The van der Waals surface area contributed by atoms with E-state index in [0.29, 0.717) is 18.6 Å². The average Bonchev–Trinajstić information content (AvgIpc) is 2.08. The monoisotopic (exact) mass is 229 g/mol. The van der Waals surface area contributed by atoms with Crippen LogP contribution >= 0.6 is 0 Å². The van der Waals surface area contributed by atoms with E-state index in [2.05, 4.69) is 37.9 Å². The summed E-state index contributed by atoms with van der Waals surface area (Å²) in [7, 11) is 0. The van der Waals surface area contributed by atoms with E-state index in [-0.39, 0.29) is 5.91 Å². The van der Waals surface area contributed by atoms with Gasteiger partial charge in [0.15, 0.2) is 0 Å². The molecule has 0 aliphatic carbocycles. The molecule has 0 aliphatic heterocycles. The molecule has 0 unspecified atom stereocenters. The summed E-state index contributed by atoms with van der Waals surface area (Å²) in [6, 6.07) is 0.977. The lowest BCUT2D eigenvalue weighted by molar-refractivity contribution is -0.125. The van der Waals surface area contributed by atoms with Gasteiger partial charge < -0.3 is 11.1 Å². The van der Waals surface area contributed by atoms with Crippen molar-refractivity contribution < 1.29 is 4.79 Å². The molecule has 0 saturated carbocycles. The third kappa shape index (κ3) is 5.47. The topological polar surface area (TPSA) is 58.4 Å². The van der Waals surface area contributed by atoms with Crippen molar-refractivity contribution in [2.24, 2.45) is 5.73 Å². The largest absolute Gasteiger partial charge is 0.353 e. The maximum atomic E-state index is 11.5. The summed E-state index contributed by atoms with van der Waals surface area (Å²) in [4.78, 5) is 13.9. The molecule has 0 bridgehead atoms. The van der Waals surface area contributed by atoms with Crippen molar-refractivity contribution in [3.63, 3.8) is 0 Å². The highest BCUT2D eigenvalue weighted by molar-refractivity contribution is 5.84. The summed E-state index contributed by atoms with van der Waals surface area (Å²) in [6.45, 7) is 13.6. The van der Waals surface area contributed by atoms with Crippen LogP contribution in [-0.4, -0.2) is 41.5 Å². The van der Waals surface area contributed by atoms with Gasteiger partial charge in [-0.05, 0) is 41.5 Å². The number of rotatable bonds is 6. The molecule has 4 nitrogen and oxygen atoms in total. The zero-order chi connectivity index (χ0) is 12.9. The third-order valence-corrected chi connectivity index (χ3v) is 2.57. The van der Waals surface area contributed by atoms with Crippen LogP contribution < -0.4 is 11.1 Å². The fraction of sp³-hybridized carbons (Fsp3) is 0.917. The van der Waals surface area contributed by atoms with E-state index >= 15 is 0 Å². The van der Waals surface area contributed by atoms with E-state index in [1.165, 1.54) is 0 Å². The first kappa shape index (κ1) is 15.4. The smallest absolute Gasteiger partial charge is 0.239 e. The minimum atomic E-state index is -0.791. The molecule has 4 heteroatoms. The Kier molecular flexibility index (Phi) is 5.97. The molecule has 0 aromatic rings. The summed E-state index contributed by atoms with van der Waals surface area (Å²) < 4.78 is 0. The molecule has 3 N–H and O–H groups in total. The average molecular weight is 229 g/mol. The van der Waals surface area contributed by atoms with Gasteiger partial charge in [0.1, 0.15) is 0 Å². The van der Waals surface area contributed by atoms with Crippen molar-refractivity contribution in [1.29, 1.82) is 0 Å². The highest BCUT2D eigenvalue weighted by Crippen LogP contribution is 2.03. The van der Waals surface area contributed by atoms with E-state index < -0.39 is 5.54 Å². The maximum absolute atomic E-state index is 11.5. The van der Waals surface area contributed by atoms with Gasteiger partial charge in [0.05, 0.1) is 5.54 Å². The van der Waals surface area contributed by atoms with Crippen molar-refractivity contribution in [2.45, 2.75) is 59.2 Å². The molecule has 16 heavy (non-hydrogen) atoms. The van der Waals surface area contributed by atoms with Crippen LogP contribution in [0.4, 0.5) is 0 Å². The predicted molar refractivity (Wildman–Crippen MR) is 68.3 cm³/mol. The molecule has 0 rings (SSSR count). The van der Waals surface area contributed by atoms with Crippen LogP contribution in [0, 0.1) is 0 Å². The minimum Gasteiger partial charge on any atom is -0.353 e. The lowest BCUT2D eigenvalue weighted by atomic mass is 10.1. The Morgan fingerprint density at radius 1 is 1.25 bits per heavy atom. The first-order valence-corrected chi connectivity index (χ1v) is 5.99. The summed E-state index contributed by atoms with van der Waals surface area (Å²) in [5.74, 6) is -0.0973. The summed E-state index contributed by atoms with van der Waals surface area (Å²) in [5, 5.41) is 2.86. The molecule has 0 atom stereocenters. The zero-order valence-electron chi connectivity index (χ0n) is 11.5. The van der Waals surface area contributed by atoms with Crippen molar-refractivity contribution in [3.05, 3.63) is 0 Å². The normalized spacial score (nSPS) is 12.6. The number of hydrogen-bond donors (Lipinski definition) is 2. The summed E-state index contributed by atoms with van der Waals surface area (Å²) in [5.41, 5.74) is 4.90. The van der Waals surface area contributed by atoms with Gasteiger partial charge >= 0.3 is 0 Å². The Morgan fingerprint density at radius 2 is 1.69 bits per heavy atom. The lowest BCUT2D eigenvalue weighted by Crippen LogP contribution is -2.51. The molecule has 0 heterocycles. The molecule has 0 aromatic heterocycles. The number of hydrogen-bond acceptors (Lipinski definition) is 3. The molecule has 96 valence electrons. The first-order chi connectivity index (χ1) is 7.16. The number of nitrogens with two attached hydrogens (primary N) is 1. The molecule has 1 amide bonds. The molecule has 0 aliphatic rings. The van der Waals surface area contributed by atoms with Gasteiger partial charge in [0.2, 0.25) is 5.91 Å². The second-order valence-electron chi connectivity index (χ2n) is 5.40. The highest BCUT2D eigenvalue weighted by atomic mass is 16.2. The molecule has 0 saturated heterocycles. The van der Waals surface area contributed by atoms with Gasteiger partial charge in [0, 0.05) is 25.2 Å². The molecule has 0 radical (unpaired) electrons. The third-order valence-electron chi connectivity index (χ3n) is 2.57. The van der Waals surface area contributed by atoms with Gasteiger partial charge in [-0.15, -0.1) is 0 Å². The van der Waals surface area contributed by atoms with Crippen LogP contribution in [0.2, 0.25) is 0 Å². The Balaban J connectivity index is 4.01. The van der Waals surface area contributed by atoms with Gasteiger partial charge in [-0.25, -0.2) is 0 Å². The number of nitrogens with one attached hydrogen (secondary N) is 1. The van der Waals surface area contributed by atoms with Crippen molar-refractivity contribution in [3.8, 4) is 0 Å². The van der Waals surface area contributed by atoms with E-state index in [9.17, 15) is 4.79 Å². The van der Waals surface area contributed by atoms with Crippen LogP contribution in [0.3, 0.4) is 0 Å². The Bertz CT molecular complexity index is 211. The summed E-state index contributed by atoms with van der Waals surface area (Å²) in [6.07, 6.45) is 0.